The third kappa shape index (κ3) is 3.88. The Labute approximate surface area is 122 Å². The molecule has 20 heavy (non-hydrogen) atoms. The number of anilines is 1. The molecule has 1 heterocycles. The third-order valence-electron chi connectivity index (χ3n) is 2.80. The maximum Gasteiger partial charge on any atom is 0.230 e. The van der Waals surface area contributed by atoms with Gasteiger partial charge in [-0.15, -0.1) is 11.3 Å². The number of nitrogens with zero attached hydrogens (tertiary/aromatic N) is 1. The van der Waals surface area contributed by atoms with Crippen LogP contribution in [0.5, 0.6) is 0 Å². The van der Waals surface area contributed by atoms with Gasteiger partial charge in [-0.1, -0.05) is 26.0 Å². The zero-order valence-electron chi connectivity index (χ0n) is 11.6. The van der Waals surface area contributed by atoms with Crippen molar-refractivity contribution in [3.63, 3.8) is 0 Å². The second kappa shape index (κ2) is 6.63. The predicted molar refractivity (Wildman–Crippen MR) is 80.9 cm³/mol. The fourth-order valence-corrected chi connectivity index (χ4v) is 2.62. The number of aromatic nitrogens is 1. The molecule has 0 saturated carbocycles. The lowest BCUT2D eigenvalue weighted by Gasteiger charge is -2.05. The van der Waals surface area contributed by atoms with Gasteiger partial charge < -0.3 is 10.4 Å². The van der Waals surface area contributed by atoms with E-state index in [0.717, 1.165) is 16.3 Å². The minimum atomic E-state index is -0.0966. The normalized spacial score (nSPS) is 10.8. The van der Waals surface area contributed by atoms with Crippen LogP contribution in [0, 0.1) is 0 Å². The lowest BCUT2D eigenvalue weighted by molar-refractivity contribution is -0.115. The summed E-state index contributed by atoms with van der Waals surface area (Å²) in [4.78, 5) is 16.4. The number of aliphatic hydroxyl groups excluding tert-OH is 1. The minimum Gasteiger partial charge on any atom is -0.392 e. The smallest absolute Gasteiger partial charge is 0.230 e. The summed E-state index contributed by atoms with van der Waals surface area (Å²) in [6, 6.07) is 7.18. The molecule has 2 rings (SSSR count). The Bertz CT molecular complexity index is 593. The van der Waals surface area contributed by atoms with E-state index in [9.17, 15) is 4.79 Å². The van der Waals surface area contributed by atoms with Crippen LogP contribution in [0.1, 0.15) is 36.0 Å². The molecule has 4 nitrogen and oxygen atoms in total. The predicted octanol–water partition coefficient (Wildman–Crippen LogP) is 2.94. The summed E-state index contributed by atoms with van der Waals surface area (Å²) in [6.45, 7) is 4.14. The second-order valence-electron chi connectivity index (χ2n) is 4.92. The van der Waals surface area contributed by atoms with Crippen LogP contribution in [0.2, 0.25) is 0 Å². The molecule has 0 atom stereocenters. The van der Waals surface area contributed by atoms with Gasteiger partial charge in [0.25, 0.3) is 0 Å². The first kappa shape index (κ1) is 14.7. The zero-order chi connectivity index (χ0) is 14.5. The van der Waals surface area contributed by atoms with Gasteiger partial charge in [0, 0.05) is 17.0 Å². The van der Waals surface area contributed by atoms with E-state index in [0.29, 0.717) is 11.6 Å². The maximum absolute atomic E-state index is 12.0. The largest absolute Gasteiger partial charge is 0.392 e. The summed E-state index contributed by atoms with van der Waals surface area (Å²) in [5.41, 5.74) is 2.27. The standard InChI is InChI=1S/C15H18N2O2S/c1-10(2)15-17-13(9-20-15)7-14(19)16-12-5-3-4-11(6-12)8-18/h3-6,9-10,18H,7-8H2,1-2H3,(H,16,19). The summed E-state index contributed by atoms with van der Waals surface area (Å²) in [7, 11) is 0. The van der Waals surface area contributed by atoms with Gasteiger partial charge in [-0.2, -0.15) is 0 Å². The minimum absolute atomic E-state index is 0.0342. The fourth-order valence-electron chi connectivity index (χ4n) is 1.79. The van der Waals surface area contributed by atoms with Crippen molar-refractivity contribution in [2.75, 3.05) is 5.32 Å². The van der Waals surface area contributed by atoms with Crippen molar-refractivity contribution in [2.24, 2.45) is 0 Å². The molecule has 5 heteroatoms. The van der Waals surface area contributed by atoms with Gasteiger partial charge in [-0.3, -0.25) is 4.79 Å². The summed E-state index contributed by atoms with van der Waals surface area (Å²) < 4.78 is 0. The average molecular weight is 290 g/mol. The Morgan fingerprint density at radius 3 is 2.90 bits per heavy atom. The van der Waals surface area contributed by atoms with Crippen molar-refractivity contribution >= 4 is 22.9 Å². The van der Waals surface area contributed by atoms with Crippen LogP contribution < -0.4 is 5.32 Å². The number of rotatable bonds is 5. The third-order valence-corrected chi connectivity index (χ3v) is 3.99. The van der Waals surface area contributed by atoms with Gasteiger partial charge in [0.1, 0.15) is 0 Å². The number of carbonyl (C=O) groups excluding carboxylic acids is 1. The molecule has 0 aliphatic carbocycles. The first-order chi connectivity index (χ1) is 9.58. The van der Waals surface area contributed by atoms with Crippen LogP contribution in [-0.2, 0) is 17.8 Å². The molecule has 0 aliphatic rings. The Kier molecular flexibility index (Phi) is 4.87. The number of hydrogen-bond acceptors (Lipinski definition) is 4. The lowest BCUT2D eigenvalue weighted by Crippen LogP contribution is -2.14. The number of carbonyl (C=O) groups is 1. The summed E-state index contributed by atoms with van der Waals surface area (Å²) in [5.74, 6) is 0.291. The zero-order valence-corrected chi connectivity index (χ0v) is 12.4. The molecule has 0 bridgehead atoms. The van der Waals surface area contributed by atoms with Crippen LogP contribution in [-0.4, -0.2) is 16.0 Å². The van der Waals surface area contributed by atoms with Crippen LogP contribution in [0.4, 0.5) is 5.69 Å². The number of amides is 1. The van der Waals surface area contributed by atoms with Gasteiger partial charge >= 0.3 is 0 Å². The van der Waals surface area contributed by atoms with E-state index in [1.54, 1.807) is 29.5 Å². The van der Waals surface area contributed by atoms with Crippen molar-refractivity contribution in [3.8, 4) is 0 Å². The van der Waals surface area contributed by atoms with Crippen LogP contribution in [0.3, 0.4) is 0 Å². The van der Waals surface area contributed by atoms with Crippen molar-refractivity contribution in [2.45, 2.75) is 32.8 Å². The molecule has 0 fully saturated rings. The van der Waals surface area contributed by atoms with E-state index in [2.05, 4.69) is 24.1 Å². The highest BCUT2D eigenvalue weighted by molar-refractivity contribution is 7.09. The van der Waals surface area contributed by atoms with Crippen molar-refractivity contribution in [1.82, 2.24) is 4.98 Å². The summed E-state index contributed by atoms with van der Waals surface area (Å²) in [5, 5.41) is 14.9. The molecule has 0 aliphatic heterocycles. The van der Waals surface area contributed by atoms with Crippen LogP contribution in [0.15, 0.2) is 29.6 Å². The van der Waals surface area contributed by atoms with Crippen molar-refractivity contribution in [3.05, 3.63) is 45.9 Å². The molecule has 0 saturated heterocycles. The number of benzene rings is 1. The molecule has 2 aromatic rings. The second-order valence-corrected chi connectivity index (χ2v) is 5.80. The van der Waals surface area contributed by atoms with E-state index in [1.165, 1.54) is 0 Å². The molecular weight excluding hydrogens is 272 g/mol. The number of hydrogen-bond donors (Lipinski definition) is 2. The monoisotopic (exact) mass is 290 g/mol. The number of nitrogens with one attached hydrogen (secondary N) is 1. The lowest BCUT2D eigenvalue weighted by atomic mass is 10.2. The molecule has 0 unspecified atom stereocenters. The molecular formula is C15H18N2O2S. The van der Waals surface area contributed by atoms with Crippen molar-refractivity contribution in [1.29, 1.82) is 0 Å². The van der Waals surface area contributed by atoms with Gasteiger partial charge in [0.2, 0.25) is 5.91 Å². The Hall–Kier alpha value is -1.72. The molecule has 0 radical (unpaired) electrons. The molecule has 0 spiro atoms. The highest BCUT2D eigenvalue weighted by atomic mass is 32.1. The Balaban J connectivity index is 1.97. The molecule has 1 aromatic heterocycles. The highest BCUT2D eigenvalue weighted by Crippen LogP contribution is 2.19. The number of aliphatic hydroxyl groups is 1. The Morgan fingerprint density at radius 2 is 2.25 bits per heavy atom. The van der Waals surface area contributed by atoms with Crippen LogP contribution >= 0.6 is 11.3 Å². The average Bonchev–Trinajstić information content (AvgIpc) is 2.87. The van der Waals surface area contributed by atoms with Crippen molar-refractivity contribution < 1.29 is 9.90 Å². The highest BCUT2D eigenvalue weighted by Gasteiger charge is 2.10. The van der Waals surface area contributed by atoms with Gasteiger partial charge in [-0.25, -0.2) is 4.98 Å². The van der Waals surface area contributed by atoms with E-state index in [1.807, 2.05) is 11.4 Å². The van der Waals surface area contributed by atoms with E-state index in [4.69, 9.17) is 5.11 Å². The SMILES string of the molecule is CC(C)c1nc(CC(=O)Nc2cccc(CO)c2)cs1. The molecule has 1 aromatic carbocycles. The van der Waals surface area contributed by atoms with Gasteiger partial charge in [-0.05, 0) is 17.7 Å². The first-order valence-electron chi connectivity index (χ1n) is 6.52. The van der Waals surface area contributed by atoms with E-state index >= 15 is 0 Å². The summed E-state index contributed by atoms with van der Waals surface area (Å²) in [6.07, 6.45) is 0.270. The molecule has 1 amide bonds. The topological polar surface area (TPSA) is 62.2 Å². The number of thiazole rings is 1. The fraction of sp³-hybridized carbons (Fsp3) is 0.333. The first-order valence-corrected chi connectivity index (χ1v) is 7.40. The van der Waals surface area contributed by atoms with E-state index in [-0.39, 0.29) is 18.9 Å². The summed E-state index contributed by atoms with van der Waals surface area (Å²) >= 11 is 1.59. The Morgan fingerprint density at radius 1 is 1.45 bits per heavy atom. The molecule has 2 N–H and O–H groups in total. The maximum atomic E-state index is 12.0. The van der Waals surface area contributed by atoms with Gasteiger partial charge in [0.15, 0.2) is 0 Å². The van der Waals surface area contributed by atoms with Crippen LogP contribution in [0.25, 0.3) is 0 Å². The molecule has 106 valence electrons. The van der Waals surface area contributed by atoms with E-state index < -0.39 is 0 Å². The quantitative estimate of drug-likeness (QED) is 0.890. The van der Waals surface area contributed by atoms with Gasteiger partial charge in [0.05, 0.1) is 23.7 Å².